The van der Waals surface area contributed by atoms with Gasteiger partial charge >= 0.3 is 6.09 Å². The van der Waals surface area contributed by atoms with E-state index in [1.807, 2.05) is 0 Å². The number of benzene rings is 4. The van der Waals surface area contributed by atoms with Crippen molar-refractivity contribution in [1.82, 2.24) is 10.2 Å². The lowest BCUT2D eigenvalue weighted by atomic mass is 10.1. The van der Waals surface area contributed by atoms with E-state index in [2.05, 4.69) is 5.32 Å². The topological polar surface area (TPSA) is 127 Å². The van der Waals surface area contributed by atoms with Crippen molar-refractivity contribution in [1.29, 1.82) is 5.41 Å². The molecule has 0 aromatic heterocycles. The summed E-state index contributed by atoms with van der Waals surface area (Å²) in [6, 6.07) is 23.8. The molecule has 1 aliphatic rings. The molecular weight excluding hydrogens is 586 g/mol. The second-order valence-corrected chi connectivity index (χ2v) is 10.2. The van der Waals surface area contributed by atoms with Gasteiger partial charge in [0.05, 0.1) is 31.9 Å². The highest BCUT2D eigenvalue weighted by atomic mass is 35.5. The maximum absolute atomic E-state index is 12.7. The van der Waals surface area contributed by atoms with Gasteiger partial charge < -0.3 is 18.9 Å². The summed E-state index contributed by atoms with van der Waals surface area (Å²) >= 11 is 6.54. The van der Waals surface area contributed by atoms with E-state index in [-0.39, 0.29) is 37.4 Å². The number of amidine groups is 1. The summed E-state index contributed by atoms with van der Waals surface area (Å²) < 4.78 is 21.7. The number of halogens is 1. The van der Waals surface area contributed by atoms with Gasteiger partial charge in [-0.25, -0.2) is 4.79 Å². The monoisotopic (exact) mass is 613 g/mol. The van der Waals surface area contributed by atoms with Crippen molar-refractivity contribution in [2.45, 2.75) is 19.8 Å². The van der Waals surface area contributed by atoms with Gasteiger partial charge in [0.15, 0.2) is 11.5 Å². The molecule has 11 heteroatoms. The Morgan fingerprint density at radius 1 is 0.818 bits per heavy atom. The molecule has 1 heterocycles. The number of alkyl carbamates (subject to hydrolysis) is 1. The normalized spacial score (nSPS) is 12.0. The number of nitrogens with zero attached hydrogens (tertiary/aromatic N) is 1. The summed E-state index contributed by atoms with van der Waals surface area (Å²) in [6.07, 6.45) is -0.780. The summed E-state index contributed by atoms with van der Waals surface area (Å²) in [5.41, 5.74) is 3.25. The molecule has 5 rings (SSSR count). The van der Waals surface area contributed by atoms with E-state index in [4.69, 9.17) is 36.0 Å². The molecule has 0 fully saturated rings. The van der Waals surface area contributed by atoms with Crippen LogP contribution in [0.4, 0.5) is 4.79 Å². The Bertz CT molecular complexity index is 1710. The molecule has 0 spiro atoms. The van der Waals surface area contributed by atoms with Crippen molar-refractivity contribution >= 4 is 35.3 Å². The van der Waals surface area contributed by atoms with Crippen LogP contribution in [0.3, 0.4) is 0 Å². The van der Waals surface area contributed by atoms with Crippen LogP contribution >= 0.6 is 11.6 Å². The molecule has 0 aliphatic carbocycles. The number of rotatable bonds is 10. The first-order valence-corrected chi connectivity index (χ1v) is 13.8. The molecule has 0 unspecified atom stereocenters. The van der Waals surface area contributed by atoms with Crippen LogP contribution in [0, 0.1) is 5.41 Å². The van der Waals surface area contributed by atoms with Crippen LogP contribution in [0.15, 0.2) is 84.9 Å². The largest absolute Gasteiger partial charge is 0.497 e. The third-order valence-corrected chi connectivity index (χ3v) is 7.28. The van der Waals surface area contributed by atoms with Crippen molar-refractivity contribution in [2.75, 3.05) is 14.2 Å². The van der Waals surface area contributed by atoms with Crippen molar-refractivity contribution in [2.24, 2.45) is 0 Å². The number of nitrogens with one attached hydrogen (secondary N) is 2. The van der Waals surface area contributed by atoms with Gasteiger partial charge in [-0.2, -0.15) is 0 Å². The average Bonchev–Trinajstić information content (AvgIpc) is 3.28. The SMILES string of the molecule is COc1ccc(COC(=O)NC(=N)c2ccc(OC)c(OCc3ccc(CN4C(=O)c5ccccc5C4=O)cc3Cl)c2)cc1. The minimum Gasteiger partial charge on any atom is -0.497 e. The maximum atomic E-state index is 12.7. The van der Waals surface area contributed by atoms with E-state index in [1.165, 1.54) is 12.0 Å². The molecule has 3 amide bonds. The zero-order chi connectivity index (χ0) is 31.2. The first-order chi connectivity index (χ1) is 21.3. The quantitative estimate of drug-likeness (QED) is 0.128. The fourth-order valence-corrected chi connectivity index (χ4v) is 4.81. The van der Waals surface area contributed by atoms with Crippen LogP contribution in [0.2, 0.25) is 5.02 Å². The van der Waals surface area contributed by atoms with Crippen LogP contribution in [-0.2, 0) is 24.5 Å². The smallest absolute Gasteiger partial charge is 0.413 e. The Morgan fingerprint density at radius 2 is 1.50 bits per heavy atom. The Hall–Kier alpha value is -5.35. The van der Waals surface area contributed by atoms with Crippen molar-refractivity contribution < 1.29 is 33.3 Å². The molecule has 4 aromatic carbocycles. The molecule has 44 heavy (non-hydrogen) atoms. The summed E-state index contributed by atoms with van der Waals surface area (Å²) in [5, 5.41) is 11.1. The van der Waals surface area contributed by atoms with Crippen LogP contribution in [-0.4, -0.2) is 42.9 Å². The molecule has 1 aliphatic heterocycles. The minimum absolute atomic E-state index is 0.0257. The fourth-order valence-electron chi connectivity index (χ4n) is 4.55. The van der Waals surface area contributed by atoms with Crippen LogP contribution < -0.4 is 19.5 Å². The van der Waals surface area contributed by atoms with Crippen molar-refractivity contribution in [3.05, 3.63) is 123 Å². The Kier molecular flexibility index (Phi) is 9.11. The number of fused-ring (bicyclic) bond motifs is 1. The minimum atomic E-state index is -0.780. The predicted molar refractivity (Wildman–Crippen MR) is 163 cm³/mol. The van der Waals surface area contributed by atoms with Crippen LogP contribution in [0.25, 0.3) is 0 Å². The number of imide groups is 1. The van der Waals surface area contributed by atoms with Gasteiger partial charge in [0.2, 0.25) is 0 Å². The number of amides is 3. The van der Waals surface area contributed by atoms with Crippen molar-refractivity contribution in [3.63, 3.8) is 0 Å². The molecule has 0 saturated carbocycles. The zero-order valence-electron chi connectivity index (χ0n) is 23.9. The first-order valence-electron chi connectivity index (χ1n) is 13.5. The number of methoxy groups -OCH3 is 2. The number of hydrogen-bond donors (Lipinski definition) is 2. The van der Waals surface area contributed by atoms with Gasteiger partial charge in [0.25, 0.3) is 11.8 Å². The molecule has 0 bridgehead atoms. The number of hydrogen-bond acceptors (Lipinski definition) is 8. The molecule has 0 radical (unpaired) electrons. The summed E-state index contributed by atoms with van der Waals surface area (Å²) in [5.74, 6) is 0.568. The first kappa shape index (κ1) is 30.1. The third kappa shape index (κ3) is 6.66. The number of carbonyl (C=O) groups is 3. The summed E-state index contributed by atoms with van der Waals surface area (Å²) in [7, 11) is 3.06. The highest BCUT2D eigenvalue weighted by Crippen LogP contribution is 2.31. The van der Waals surface area contributed by atoms with E-state index < -0.39 is 6.09 Å². The fraction of sp³-hybridized carbons (Fsp3) is 0.152. The standard InChI is InChI=1S/C33H28ClN3O7/c1-41-24-12-8-20(9-13-24)18-44-33(40)36-30(35)22-11-14-28(42-2)29(16-22)43-19-23-10-7-21(15-27(23)34)17-37-31(38)25-5-3-4-6-26(25)32(37)39/h3-16H,17-19H2,1-2H3,(H2,35,36,40). The lowest BCUT2D eigenvalue weighted by molar-refractivity contribution is 0.0642. The molecular formula is C33H28ClN3O7. The third-order valence-electron chi connectivity index (χ3n) is 6.93. The lowest BCUT2D eigenvalue weighted by Crippen LogP contribution is -2.31. The highest BCUT2D eigenvalue weighted by Gasteiger charge is 2.35. The molecule has 0 saturated heterocycles. The van der Waals surface area contributed by atoms with Gasteiger partial charge in [-0.05, 0) is 59.7 Å². The Balaban J connectivity index is 1.19. The molecule has 0 atom stereocenters. The van der Waals surface area contributed by atoms with Gasteiger partial charge in [0.1, 0.15) is 24.8 Å². The van der Waals surface area contributed by atoms with Gasteiger partial charge in [-0.1, -0.05) is 48.0 Å². The highest BCUT2D eigenvalue weighted by molar-refractivity contribution is 6.31. The lowest BCUT2D eigenvalue weighted by Gasteiger charge is -2.16. The van der Waals surface area contributed by atoms with Crippen molar-refractivity contribution in [3.8, 4) is 17.2 Å². The Labute approximate surface area is 258 Å². The maximum Gasteiger partial charge on any atom is 0.413 e. The second-order valence-electron chi connectivity index (χ2n) is 9.75. The van der Waals surface area contributed by atoms with E-state index in [0.29, 0.717) is 50.1 Å². The van der Waals surface area contributed by atoms with Gasteiger partial charge in [-0.15, -0.1) is 0 Å². The zero-order valence-corrected chi connectivity index (χ0v) is 24.6. The molecule has 10 nitrogen and oxygen atoms in total. The number of ether oxygens (including phenoxy) is 4. The van der Waals surface area contributed by atoms with Crippen LogP contribution in [0.5, 0.6) is 17.2 Å². The van der Waals surface area contributed by atoms with Gasteiger partial charge in [-0.3, -0.25) is 25.2 Å². The van der Waals surface area contributed by atoms with E-state index in [1.54, 1.807) is 92.0 Å². The molecule has 2 N–H and O–H groups in total. The second kappa shape index (κ2) is 13.3. The predicted octanol–water partition coefficient (Wildman–Crippen LogP) is 5.98. The van der Waals surface area contributed by atoms with E-state index >= 15 is 0 Å². The summed E-state index contributed by atoms with van der Waals surface area (Å²) in [6.45, 7) is 0.176. The van der Waals surface area contributed by atoms with Crippen LogP contribution in [0.1, 0.15) is 43.0 Å². The van der Waals surface area contributed by atoms with E-state index in [9.17, 15) is 14.4 Å². The average molecular weight is 614 g/mol. The Morgan fingerprint density at radius 3 is 2.14 bits per heavy atom. The van der Waals surface area contributed by atoms with E-state index in [0.717, 1.165) is 5.56 Å². The van der Waals surface area contributed by atoms with Gasteiger partial charge in [0, 0.05) is 16.1 Å². The number of carbonyl (C=O) groups excluding carboxylic acids is 3. The molecule has 4 aromatic rings. The molecule has 224 valence electrons. The summed E-state index contributed by atoms with van der Waals surface area (Å²) in [4.78, 5) is 38.9.